The van der Waals surface area contributed by atoms with Crippen LogP contribution >= 0.6 is 15.9 Å². The maximum Gasteiger partial charge on any atom is 0.259 e. The van der Waals surface area contributed by atoms with E-state index in [-0.39, 0.29) is 17.7 Å². The molecule has 3 rings (SSSR count). The number of halogens is 2. The van der Waals surface area contributed by atoms with Gasteiger partial charge in [-0.2, -0.15) is 5.10 Å². The van der Waals surface area contributed by atoms with Gasteiger partial charge >= 0.3 is 0 Å². The Kier molecular flexibility index (Phi) is 6.43. The predicted molar refractivity (Wildman–Crippen MR) is 115 cm³/mol. The lowest BCUT2D eigenvalue weighted by Gasteiger charge is -2.13. The first-order valence-electron chi connectivity index (χ1n) is 8.97. The lowest BCUT2D eigenvalue weighted by atomic mass is 10.2. The summed E-state index contributed by atoms with van der Waals surface area (Å²) in [5.41, 5.74) is 3.79. The third-order valence-corrected chi connectivity index (χ3v) is 5.18. The van der Waals surface area contributed by atoms with Gasteiger partial charge in [-0.25, -0.2) is 9.38 Å². The number of rotatable bonds is 4. The van der Waals surface area contributed by atoms with Crippen LogP contribution in [0, 0.1) is 19.7 Å². The van der Waals surface area contributed by atoms with Gasteiger partial charge in [-0.1, -0.05) is 18.2 Å². The van der Waals surface area contributed by atoms with E-state index < -0.39 is 0 Å². The molecule has 1 amide bonds. The van der Waals surface area contributed by atoms with E-state index in [1.807, 2.05) is 27.0 Å². The molecule has 0 radical (unpaired) electrons. The van der Waals surface area contributed by atoms with Crippen molar-refractivity contribution in [3.63, 3.8) is 0 Å². The number of carbonyl (C=O) groups excluding carboxylic acids is 1. The van der Waals surface area contributed by atoms with E-state index in [0.717, 1.165) is 17.0 Å². The van der Waals surface area contributed by atoms with E-state index in [1.54, 1.807) is 35.0 Å². The molecule has 2 N–H and O–H groups in total. The van der Waals surface area contributed by atoms with Crippen molar-refractivity contribution in [1.29, 1.82) is 0 Å². The normalized spacial score (nSPS) is 11.4. The second kappa shape index (κ2) is 9.00. The van der Waals surface area contributed by atoms with Crippen LogP contribution in [0.2, 0.25) is 0 Å². The first kappa shape index (κ1) is 20.7. The summed E-state index contributed by atoms with van der Waals surface area (Å²) < 4.78 is 16.0. The van der Waals surface area contributed by atoms with Crippen molar-refractivity contribution in [3.8, 4) is 0 Å². The van der Waals surface area contributed by atoms with Gasteiger partial charge < -0.3 is 5.32 Å². The molecule has 0 spiro atoms. The lowest BCUT2D eigenvalue weighted by Crippen LogP contribution is -2.36. The highest BCUT2D eigenvalue weighted by Gasteiger charge is 2.14. The van der Waals surface area contributed by atoms with E-state index in [1.165, 1.54) is 12.1 Å². The minimum absolute atomic E-state index is 0.221. The molecule has 2 aromatic carbocycles. The number of guanidine groups is 1. The number of aryl methyl sites for hydroxylation is 2. The van der Waals surface area contributed by atoms with Gasteiger partial charge in [0.1, 0.15) is 5.82 Å². The van der Waals surface area contributed by atoms with Crippen LogP contribution in [0.5, 0.6) is 0 Å². The Bertz CT molecular complexity index is 1080. The number of nitrogens with one attached hydrogen (secondary N) is 2. The molecule has 8 heteroatoms. The number of hydrogen-bond acceptors (Lipinski definition) is 3. The van der Waals surface area contributed by atoms with Crippen LogP contribution < -0.4 is 10.6 Å². The molecule has 150 valence electrons. The van der Waals surface area contributed by atoms with Crippen LogP contribution in [0.4, 0.5) is 10.1 Å². The average molecular weight is 458 g/mol. The molecule has 6 nitrogen and oxygen atoms in total. The molecule has 1 heterocycles. The van der Waals surface area contributed by atoms with Crippen LogP contribution in [0.1, 0.15) is 27.3 Å². The third kappa shape index (κ3) is 5.08. The van der Waals surface area contributed by atoms with Crippen molar-refractivity contribution in [2.75, 3.05) is 5.32 Å². The van der Waals surface area contributed by atoms with Gasteiger partial charge in [0.2, 0.25) is 5.96 Å². The van der Waals surface area contributed by atoms with Crippen molar-refractivity contribution < 1.29 is 9.18 Å². The minimum Gasteiger partial charge on any atom is -0.326 e. The highest BCUT2D eigenvalue weighted by molar-refractivity contribution is 9.10. The Morgan fingerprint density at radius 1 is 1.21 bits per heavy atom. The Morgan fingerprint density at radius 2 is 1.97 bits per heavy atom. The van der Waals surface area contributed by atoms with Crippen molar-refractivity contribution in [1.82, 2.24) is 15.1 Å². The molecule has 0 fully saturated rings. The predicted octanol–water partition coefficient (Wildman–Crippen LogP) is 4.34. The molecule has 0 bridgehead atoms. The van der Waals surface area contributed by atoms with E-state index in [9.17, 15) is 9.18 Å². The van der Waals surface area contributed by atoms with Gasteiger partial charge in [-0.15, -0.1) is 0 Å². The van der Waals surface area contributed by atoms with Crippen molar-refractivity contribution >= 4 is 33.5 Å². The van der Waals surface area contributed by atoms with Gasteiger partial charge in [0, 0.05) is 28.5 Å². The monoisotopic (exact) mass is 457 g/mol. The molecule has 0 saturated heterocycles. The van der Waals surface area contributed by atoms with Crippen LogP contribution in [-0.2, 0) is 13.6 Å². The number of aromatic nitrogens is 2. The average Bonchev–Trinajstić information content (AvgIpc) is 2.91. The van der Waals surface area contributed by atoms with Gasteiger partial charge in [-0.3, -0.25) is 14.8 Å². The van der Waals surface area contributed by atoms with E-state index in [2.05, 4.69) is 36.7 Å². The van der Waals surface area contributed by atoms with Crippen LogP contribution in [-0.4, -0.2) is 21.6 Å². The van der Waals surface area contributed by atoms with Gasteiger partial charge in [0.25, 0.3) is 5.91 Å². The van der Waals surface area contributed by atoms with Crippen LogP contribution in [0.3, 0.4) is 0 Å². The Morgan fingerprint density at radius 3 is 2.62 bits per heavy atom. The number of carbonyl (C=O) groups is 1. The fourth-order valence-electron chi connectivity index (χ4n) is 2.84. The SMILES string of the molecule is Cc1nn(C)c(C)c1CN=C(NC(=O)c1ccccc1Br)Nc1cccc(F)c1. The second-order valence-corrected chi connectivity index (χ2v) is 7.36. The Hall–Kier alpha value is -3.00. The second-order valence-electron chi connectivity index (χ2n) is 6.51. The molecular weight excluding hydrogens is 437 g/mol. The molecule has 0 atom stereocenters. The summed E-state index contributed by atoms with van der Waals surface area (Å²) in [5, 5.41) is 10.2. The summed E-state index contributed by atoms with van der Waals surface area (Å²) >= 11 is 3.38. The molecule has 0 aliphatic heterocycles. The molecule has 0 saturated carbocycles. The van der Waals surface area contributed by atoms with Crippen molar-refractivity contribution in [3.05, 3.63) is 81.3 Å². The zero-order valence-corrected chi connectivity index (χ0v) is 17.9. The zero-order chi connectivity index (χ0) is 21.0. The Balaban J connectivity index is 1.88. The first-order chi connectivity index (χ1) is 13.8. The topological polar surface area (TPSA) is 71.3 Å². The number of nitrogens with zero attached hydrogens (tertiary/aromatic N) is 3. The smallest absolute Gasteiger partial charge is 0.259 e. The summed E-state index contributed by atoms with van der Waals surface area (Å²) in [6.07, 6.45) is 0. The first-order valence-corrected chi connectivity index (χ1v) is 9.76. The summed E-state index contributed by atoms with van der Waals surface area (Å²) in [6, 6.07) is 13.1. The molecule has 3 aromatic rings. The number of benzene rings is 2. The van der Waals surface area contributed by atoms with Crippen LogP contribution in [0.15, 0.2) is 58.0 Å². The fourth-order valence-corrected chi connectivity index (χ4v) is 3.30. The summed E-state index contributed by atoms with van der Waals surface area (Å²) in [4.78, 5) is 17.3. The number of hydrogen-bond donors (Lipinski definition) is 2. The van der Waals surface area contributed by atoms with E-state index >= 15 is 0 Å². The third-order valence-electron chi connectivity index (χ3n) is 4.49. The summed E-state index contributed by atoms with van der Waals surface area (Å²) in [7, 11) is 1.87. The van der Waals surface area contributed by atoms with Gasteiger partial charge in [0.05, 0.1) is 17.8 Å². The molecule has 29 heavy (non-hydrogen) atoms. The molecule has 1 aromatic heterocycles. The van der Waals surface area contributed by atoms with Gasteiger partial charge in [-0.05, 0) is 60.1 Å². The molecule has 0 aliphatic rings. The molecule has 0 unspecified atom stereocenters. The van der Waals surface area contributed by atoms with E-state index in [0.29, 0.717) is 22.3 Å². The van der Waals surface area contributed by atoms with E-state index in [4.69, 9.17) is 0 Å². The number of anilines is 1. The maximum atomic E-state index is 13.6. The number of aliphatic imine (C=N–C) groups is 1. The lowest BCUT2D eigenvalue weighted by molar-refractivity contribution is 0.0976. The molecular formula is C21H21BrFN5O. The van der Waals surface area contributed by atoms with Crippen molar-refractivity contribution in [2.24, 2.45) is 12.0 Å². The minimum atomic E-state index is -0.384. The largest absolute Gasteiger partial charge is 0.326 e. The standard InChI is InChI=1S/C21H21BrFN5O/c1-13-18(14(2)28(3)27-13)12-24-21(25-16-8-6-7-15(23)11-16)26-20(29)17-9-4-5-10-19(17)22/h4-11H,12H2,1-3H3,(H2,24,25,26,29). The maximum absolute atomic E-state index is 13.6. The van der Waals surface area contributed by atoms with Gasteiger partial charge in [0.15, 0.2) is 0 Å². The number of amides is 1. The summed E-state index contributed by atoms with van der Waals surface area (Å²) in [5.74, 6) is -0.496. The highest BCUT2D eigenvalue weighted by Crippen LogP contribution is 2.17. The fraction of sp³-hybridized carbons (Fsp3) is 0.190. The van der Waals surface area contributed by atoms with Crippen molar-refractivity contribution in [2.45, 2.75) is 20.4 Å². The molecule has 0 aliphatic carbocycles. The van der Waals surface area contributed by atoms with Crippen LogP contribution in [0.25, 0.3) is 0 Å². The Labute approximate surface area is 177 Å². The quantitative estimate of drug-likeness (QED) is 0.452. The highest BCUT2D eigenvalue weighted by atomic mass is 79.9. The zero-order valence-electron chi connectivity index (χ0n) is 16.3. The summed E-state index contributed by atoms with van der Waals surface area (Å²) in [6.45, 7) is 4.20.